The maximum absolute atomic E-state index is 13.0. The van der Waals surface area contributed by atoms with E-state index >= 15 is 0 Å². The number of aliphatic hydroxyl groups excluding tert-OH is 2. The van der Waals surface area contributed by atoms with Crippen LogP contribution in [0.2, 0.25) is 0 Å². The minimum atomic E-state index is -1.10. The molecule has 1 aliphatic rings. The second-order valence-electron chi connectivity index (χ2n) is 6.13. The summed E-state index contributed by atoms with van der Waals surface area (Å²) in [5, 5.41) is 20.1. The molecule has 4 rings (SSSR count). The van der Waals surface area contributed by atoms with Crippen molar-refractivity contribution in [3.8, 4) is 5.88 Å². The van der Waals surface area contributed by atoms with Crippen LogP contribution in [0, 0.1) is 5.82 Å². The van der Waals surface area contributed by atoms with Gasteiger partial charge >= 0.3 is 0 Å². The molecule has 0 radical (unpaired) electrons. The summed E-state index contributed by atoms with van der Waals surface area (Å²) in [6, 6.07) is 5.96. The van der Waals surface area contributed by atoms with Gasteiger partial charge in [0.25, 0.3) is 0 Å². The van der Waals surface area contributed by atoms with E-state index in [1.165, 1.54) is 24.8 Å². The zero-order valence-corrected chi connectivity index (χ0v) is 13.9. The molecule has 3 heterocycles. The highest BCUT2D eigenvalue weighted by Crippen LogP contribution is 2.32. The van der Waals surface area contributed by atoms with Crippen molar-refractivity contribution in [1.29, 1.82) is 0 Å². The first-order valence-electron chi connectivity index (χ1n) is 8.11. The smallest absolute Gasteiger partial charge is 0.245 e. The minimum Gasteiger partial charge on any atom is -0.471 e. The van der Waals surface area contributed by atoms with Gasteiger partial charge in [0, 0.05) is 0 Å². The van der Waals surface area contributed by atoms with Crippen LogP contribution in [0.3, 0.4) is 0 Å². The van der Waals surface area contributed by atoms with Gasteiger partial charge in [-0.1, -0.05) is 12.1 Å². The quantitative estimate of drug-likeness (QED) is 0.720. The van der Waals surface area contributed by atoms with Crippen LogP contribution >= 0.6 is 0 Å². The molecule has 0 bridgehead atoms. The second-order valence-corrected chi connectivity index (χ2v) is 6.13. The number of aromatic nitrogens is 4. The van der Waals surface area contributed by atoms with Crippen molar-refractivity contribution in [3.05, 3.63) is 48.3 Å². The molecule has 1 saturated heterocycles. The first kappa shape index (κ1) is 16.8. The topological polar surface area (TPSA) is 103 Å². The van der Waals surface area contributed by atoms with Gasteiger partial charge in [0.2, 0.25) is 5.88 Å². The lowest BCUT2D eigenvalue weighted by molar-refractivity contribution is -0.0299. The summed E-state index contributed by atoms with van der Waals surface area (Å²) in [5.74, 6) is -0.0531. The molecule has 2 aromatic heterocycles. The Labute approximate surface area is 147 Å². The molecule has 1 fully saturated rings. The Morgan fingerprint density at radius 1 is 1.15 bits per heavy atom. The molecule has 3 aromatic rings. The SMILES string of the molecule is C[C@H]1O[C@@H](n2cnc3c(OCc4ccc(F)cc4)ncnc32)[C@H](O)[C@@H]1O. The third-order valence-corrected chi connectivity index (χ3v) is 4.37. The molecule has 2 N–H and O–H groups in total. The zero-order valence-electron chi connectivity index (χ0n) is 13.9. The maximum Gasteiger partial charge on any atom is 0.245 e. The fraction of sp³-hybridized carbons (Fsp3) is 0.353. The number of hydrogen-bond donors (Lipinski definition) is 2. The summed E-state index contributed by atoms with van der Waals surface area (Å²) in [6.07, 6.45) is -0.618. The zero-order chi connectivity index (χ0) is 18.3. The van der Waals surface area contributed by atoms with Crippen LogP contribution in [-0.2, 0) is 11.3 Å². The number of aliphatic hydroxyl groups is 2. The summed E-state index contributed by atoms with van der Waals surface area (Å²) in [6.45, 7) is 1.87. The summed E-state index contributed by atoms with van der Waals surface area (Å²) < 4.78 is 25.8. The van der Waals surface area contributed by atoms with Crippen molar-refractivity contribution < 1.29 is 24.1 Å². The van der Waals surface area contributed by atoms with Crippen molar-refractivity contribution in [2.75, 3.05) is 0 Å². The Morgan fingerprint density at radius 3 is 2.62 bits per heavy atom. The van der Waals surface area contributed by atoms with Gasteiger partial charge < -0.3 is 19.7 Å². The third kappa shape index (κ3) is 2.90. The Morgan fingerprint density at radius 2 is 1.92 bits per heavy atom. The molecular weight excluding hydrogens is 343 g/mol. The van der Waals surface area contributed by atoms with Crippen LogP contribution in [0.25, 0.3) is 11.2 Å². The van der Waals surface area contributed by atoms with Crippen LogP contribution in [0.1, 0.15) is 18.7 Å². The van der Waals surface area contributed by atoms with Gasteiger partial charge in [-0.25, -0.2) is 14.4 Å². The van der Waals surface area contributed by atoms with Gasteiger partial charge in [0.05, 0.1) is 12.4 Å². The van der Waals surface area contributed by atoms with E-state index in [4.69, 9.17) is 9.47 Å². The molecule has 26 heavy (non-hydrogen) atoms. The molecule has 136 valence electrons. The van der Waals surface area contributed by atoms with Crippen molar-refractivity contribution in [2.45, 2.75) is 38.1 Å². The molecule has 8 nitrogen and oxygen atoms in total. The van der Waals surface area contributed by atoms with Crippen molar-refractivity contribution in [3.63, 3.8) is 0 Å². The Balaban J connectivity index is 1.60. The Hall–Kier alpha value is -2.62. The number of benzene rings is 1. The van der Waals surface area contributed by atoms with Gasteiger partial charge in [-0.3, -0.25) is 4.57 Å². The van der Waals surface area contributed by atoms with E-state index in [0.717, 1.165) is 5.56 Å². The molecule has 1 aromatic carbocycles. The Kier molecular flexibility index (Phi) is 4.27. The van der Waals surface area contributed by atoms with E-state index in [9.17, 15) is 14.6 Å². The molecule has 0 unspecified atom stereocenters. The molecule has 1 aliphatic heterocycles. The highest BCUT2D eigenvalue weighted by Gasteiger charge is 2.42. The predicted molar refractivity (Wildman–Crippen MR) is 87.7 cm³/mol. The van der Waals surface area contributed by atoms with Crippen LogP contribution in [0.15, 0.2) is 36.9 Å². The van der Waals surface area contributed by atoms with Crippen molar-refractivity contribution in [1.82, 2.24) is 19.5 Å². The van der Waals surface area contributed by atoms with E-state index in [0.29, 0.717) is 11.2 Å². The van der Waals surface area contributed by atoms with Gasteiger partial charge in [0.1, 0.15) is 31.0 Å². The van der Waals surface area contributed by atoms with Gasteiger partial charge in [-0.15, -0.1) is 0 Å². The molecule has 0 aliphatic carbocycles. The van der Waals surface area contributed by atoms with Crippen LogP contribution < -0.4 is 4.74 Å². The maximum atomic E-state index is 13.0. The number of halogens is 1. The highest BCUT2D eigenvalue weighted by atomic mass is 19.1. The Bertz CT molecular complexity index is 917. The molecule has 0 amide bonds. The number of ether oxygens (including phenoxy) is 2. The van der Waals surface area contributed by atoms with Gasteiger partial charge in [-0.2, -0.15) is 4.98 Å². The highest BCUT2D eigenvalue weighted by molar-refractivity contribution is 5.76. The van der Waals surface area contributed by atoms with E-state index in [-0.39, 0.29) is 18.3 Å². The van der Waals surface area contributed by atoms with Crippen LogP contribution in [0.4, 0.5) is 4.39 Å². The number of hydrogen-bond acceptors (Lipinski definition) is 7. The van der Waals surface area contributed by atoms with E-state index in [2.05, 4.69) is 15.0 Å². The lowest BCUT2D eigenvalue weighted by atomic mass is 10.1. The molecular formula is C17H17FN4O4. The van der Waals surface area contributed by atoms with Gasteiger partial charge in [0.15, 0.2) is 17.4 Å². The third-order valence-electron chi connectivity index (χ3n) is 4.37. The predicted octanol–water partition coefficient (Wildman–Crippen LogP) is 1.18. The number of fused-ring (bicyclic) bond motifs is 1. The van der Waals surface area contributed by atoms with E-state index in [1.807, 2.05) is 0 Å². The largest absolute Gasteiger partial charge is 0.471 e. The number of nitrogens with zero attached hydrogens (tertiary/aromatic N) is 4. The molecule has 9 heteroatoms. The number of rotatable bonds is 4. The van der Waals surface area contributed by atoms with E-state index in [1.54, 1.807) is 23.6 Å². The lowest BCUT2D eigenvalue weighted by Crippen LogP contribution is -2.30. The van der Waals surface area contributed by atoms with Crippen LogP contribution in [-0.4, -0.2) is 48.0 Å². The number of imidazole rings is 1. The summed E-state index contributed by atoms with van der Waals surface area (Å²) in [5.41, 5.74) is 1.60. The minimum absolute atomic E-state index is 0.192. The van der Waals surface area contributed by atoms with Crippen LogP contribution in [0.5, 0.6) is 5.88 Å². The standard InChI is InChI=1S/C17H17FN4O4/c1-9-13(23)14(24)17(26-9)22-8-21-12-15(22)19-7-20-16(12)25-6-10-2-4-11(18)5-3-10/h2-5,7-9,13-14,17,23-24H,6H2,1H3/t9-,13-,14-,17-/m1/s1. The summed E-state index contributed by atoms with van der Waals surface area (Å²) in [4.78, 5) is 12.5. The first-order chi connectivity index (χ1) is 12.5. The lowest BCUT2D eigenvalue weighted by Gasteiger charge is -2.16. The average molecular weight is 360 g/mol. The summed E-state index contributed by atoms with van der Waals surface area (Å²) in [7, 11) is 0. The summed E-state index contributed by atoms with van der Waals surface area (Å²) >= 11 is 0. The fourth-order valence-electron chi connectivity index (χ4n) is 2.91. The molecule has 4 atom stereocenters. The molecule has 0 saturated carbocycles. The average Bonchev–Trinajstić information content (AvgIpc) is 3.18. The van der Waals surface area contributed by atoms with Crippen molar-refractivity contribution in [2.24, 2.45) is 0 Å². The van der Waals surface area contributed by atoms with Gasteiger partial charge in [-0.05, 0) is 24.6 Å². The second kappa shape index (κ2) is 6.60. The van der Waals surface area contributed by atoms with Crippen molar-refractivity contribution >= 4 is 11.2 Å². The van der Waals surface area contributed by atoms with E-state index < -0.39 is 24.5 Å². The first-order valence-corrected chi connectivity index (χ1v) is 8.11. The fourth-order valence-corrected chi connectivity index (χ4v) is 2.91. The molecule has 0 spiro atoms. The monoisotopic (exact) mass is 360 g/mol. The normalized spacial score (nSPS) is 25.7.